The predicted molar refractivity (Wildman–Crippen MR) is 38.8 cm³/mol. The first kappa shape index (κ1) is 11.3. The quantitative estimate of drug-likeness (QED) is 0.486. The predicted octanol–water partition coefficient (Wildman–Crippen LogP) is 0.449. The van der Waals surface area contributed by atoms with Gasteiger partial charge >= 0.3 is 5.97 Å². The maximum Gasteiger partial charge on any atom is 0.308 e. The Morgan fingerprint density at radius 2 is 2.33 bits per heavy atom. The summed E-state index contributed by atoms with van der Waals surface area (Å²) in [4.78, 5) is 14.9. The number of esters is 1. The summed E-state index contributed by atoms with van der Waals surface area (Å²) >= 11 is 0. The second-order valence-electron chi connectivity index (χ2n) is 2.16. The van der Waals surface area contributed by atoms with Crippen molar-refractivity contribution in [1.82, 2.24) is 5.39 Å². The van der Waals surface area contributed by atoms with Crippen LogP contribution in [0, 0.1) is 5.21 Å². The molecule has 0 aliphatic heterocycles. The SMILES string of the molecule is CCOC(=O)CC(C)ON([O-])O. The number of carbonyl (C=O) groups is 1. The van der Waals surface area contributed by atoms with Crippen LogP contribution in [0.5, 0.6) is 0 Å². The summed E-state index contributed by atoms with van der Waals surface area (Å²) in [6.45, 7) is 3.43. The molecule has 0 aliphatic rings. The number of hydrogen-bond acceptors (Lipinski definition) is 6. The number of hydrogen-bond donors (Lipinski definition) is 1. The van der Waals surface area contributed by atoms with E-state index in [1.54, 1.807) is 6.92 Å². The molecule has 0 saturated carbocycles. The molecule has 0 saturated heterocycles. The summed E-state index contributed by atoms with van der Waals surface area (Å²) in [5.41, 5.74) is 0. The van der Waals surface area contributed by atoms with Crippen molar-refractivity contribution in [1.29, 1.82) is 0 Å². The highest BCUT2D eigenvalue weighted by atomic mass is 17.1. The van der Waals surface area contributed by atoms with Crippen LogP contribution in [0.25, 0.3) is 0 Å². The normalized spacial score (nSPS) is 13.1. The zero-order valence-corrected chi connectivity index (χ0v) is 7.02. The summed E-state index contributed by atoms with van der Waals surface area (Å²) in [6, 6.07) is 0. The van der Waals surface area contributed by atoms with Crippen LogP contribution in [0.2, 0.25) is 0 Å². The molecule has 0 radical (unpaired) electrons. The fourth-order valence-corrected chi connectivity index (χ4v) is 0.646. The lowest BCUT2D eigenvalue weighted by molar-refractivity contribution is -0.325. The third kappa shape index (κ3) is 6.05. The molecule has 0 aromatic rings. The van der Waals surface area contributed by atoms with Crippen LogP contribution in [0.15, 0.2) is 0 Å². The van der Waals surface area contributed by atoms with Crippen molar-refractivity contribution in [3.63, 3.8) is 0 Å². The Morgan fingerprint density at radius 1 is 1.75 bits per heavy atom. The van der Waals surface area contributed by atoms with Crippen LogP contribution in [-0.2, 0) is 14.4 Å². The molecule has 72 valence electrons. The van der Waals surface area contributed by atoms with Gasteiger partial charge in [-0.05, 0) is 13.8 Å². The van der Waals surface area contributed by atoms with Crippen molar-refractivity contribution < 1.29 is 19.6 Å². The van der Waals surface area contributed by atoms with Gasteiger partial charge in [0.2, 0.25) is 0 Å². The van der Waals surface area contributed by atoms with Gasteiger partial charge in [-0.2, -0.15) is 0 Å². The molecule has 0 rings (SSSR count). The van der Waals surface area contributed by atoms with Crippen LogP contribution in [0.4, 0.5) is 0 Å². The first-order chi connectivity index (χ1) is 5.56. The molecule has 0 heterocycles. The van der Waals surface area contributed by atoms with Crippen LogP contribution in [0.3, 0.4) is 0 Å². The summed E-state index contributed by atoms with van der Waals surface area (Å²) in [6.07, 6.45) is -0.751. The molecule has 0 aromatic carbocycles. The second-order valence-corrected chi connectivity index (χ2v) is 2.16. The smallest absolute Gasteiger partial charge is 0.308 e. The Kier molecular flexibility index (Phi) is 5.56. The lowest BCUT2D eigenvalue weighted by Crippen LogP contribution is -2.23. The van der Waals surface area contributed by atoms with Gasteiger partial charge in [0.15, 0.2) is 0 Å². The van der Waals surface area contributed by atoms with Crippen LogP contribution in [0.1, 0.15) is 20.3 Å². The monoisotopic (exact) mass is 178 g/mol. The van der Waals surface area contributed by atoms with Gasteiger partial charge in [0.1, 0.15) is 0 Å². The topological polar surface area (TPSA) is 82.1 Å². The molecular formula is C6H12NO5-. The second kappa shape index (κ2) is 5.90. The van der Waals surface area contributed by atoms with Gasteiger partial charge in [-0.25, -0.2) is 0 Å². The fourth-order valence-electron chi connectivity index (χ4n) is 0.646. The van der Waals surface area contributed by atoms with Crippen molar-refractivity contribution in [2.24, 2.45) is 0 Å². The highest BCUT2D eigenvalue weighted by Gasteiger charge is 2.10. The van der Waals surface area contributed by atoms with Crippen LogP contribution < -0.4 is 0 Å². The van der Waals surface area contributed by atoms with E-state index in [4.69, 9.17) is 5.21 Å². The molecule has 0 amide bonds. The van der Waals surface area contributed by atoms with Crippen molar-refractivity contribution in [3.8, 4) is 0 Å². The lowest BCUT2D eigenvalue weighted by atomic mass is 10.3. The minimum absolute atomic E-state index is 0.0624. The zero-order chi connectivity index (χ0) is 9.56. The summed E-state index contributed by atoms with van der Waals surface area (Å²) in [7, 11) is 0. The zero-order valence-electron chi connectivity index (χ0n) is 7.02. The largest absolute Gasteiger partial charge is 0.738 e. The maximum atomic E-state index is 10.7. The van der Waals surface area contributed by atoms with Crippen molar-refractivity contribution in [2.75, 3.05) is 6.61 Å². The Hall–Kier alpha value is -0.690. The average molecular weight is 178 g/mol. The minimum atomic E-state index is -0.688. The van der Waals surface area contributed by atoms with E-state index < -0.39 is 17.5 Å². The Balaban J connectivity index is 3.54. The number of ether oxygens (including phenoxy) is 1. The fraction of sp³-hybridized carbons (Fsp3) is 0.833. The number of carbonyl (C=O) groups excluding carboxylic acids is 1. The van der Waals surface area contributed by atoms with Crippen LogP contribution in [-0.4, -0.2) is 29.3 Å². The Labute approximate surface area is 70.2 Å². The first-order valence-electron chi connectivity index (χ1n) is 3.54. The van der Waals surface area contributed by atoms with Gasteiger partial charge in [0.25, 0.3) is 0 Å². The minimum Gasteiger partial charge on any atom is -0.738 e. The van der Waals surface area contributed by atoms with E-state index in [9.17, 15) is 10.0 Å². The van der Waals surface area contributed by atoms with Crippen LogP contribution >= 0.6 is 0 Å². The van der Waals surface area contributed by atoms with E-state index in [-0.39, 0.29) is 13.0 Å². The molecule has 0 fully saturated rings. The molecule has 0 aliphatic carbocycles. The van der Waals surface area contributed by atoms with Gasteiger partial charge in [0.05, 0.1) is 19.1 Å². The summed E-state index contributed by atoms with van der Waals surface area (Å²) in [5, 5.41) is 17.3. The molecule has 6 heteroatoms. The van der Waals surface area contributed by atoms with E-state index >= 15 is 0 Å². The van der Waals surface area contributed by atoms with Gasteiger partial charge in [-0.1, -0.05) is 0 Å². The van der Waals surface area contributed by atoms with Crippen molar-refractivity contribution in [2.45, 2.75) is 26.4 Å². The van der Waals surface area contributed by atoms with Crippen molar-refractivity contribution >= 4 is 5.97 Å². The molecular weight excluding hydrogens is 166 g/mol. The molecule has 1 unspecified atom stereocenters. The molecule has 1 N–H and O–H groups in total. The number of nitrogens with zero attached hydrogens (tertiary/aromatic N) is 1. The summed E-state index contributed by atoms with van der Waals surface area (Å²) in [5.74, 6) is -0.466. The molecule has 0 spiro atoms. The van der Waals surface area contributed by atoms with Gasteiger partial charge < -0.3 is 15.2 Å². The van der Waals surface area contributed by atoms with Gasteiger partial charge in [-0.3, -0.25) is 9.63 Å². The van der Waals surface area contributed by atoms with E-state index in [1.165, 1.54) is 6.92 Å². The highest BCUT2D eigenvalue weighted by molar-refractivity contribution is 5.69. The molecule has 1 atom stereocenters. The Morgan fingerprint density at radius 3 is 2.75 bits per heavy atom. The maximum absolute atomic E-state index is 10.7. The molecule has 0 bridgehead atoms. The van der Waals surface area contributed by atoms with E-state index in [2.05, 4.69) is 9.57 Å². The van der Waals surface area contributed by atoms with E-state index in [0.717, 1.165) is 0 Å². The third-order valence-corrected chi connectivity index (χ3v) is 1.03. The highest BCUT2D eigenvalue weighted by Crippen LogP contribution is 2.00. The molecule has 12 heavy (non-hydrogen) atoms. The van der Waals surface area contributed by atoms with E-state index in [0.29, 0.717) is 0 Å². The number of rotatable bonds is 5. The molecule has 6 nitrogen and oxygen atoms in total. The van der Waals surface area contributed by atoms with Gasteiger partial charge in [0, 0.05) is 0 Å². The van der Waals surface area contributed by atoms with E-state index in [1.807, 2.05) is 0 Å². The first-order valence-corrected chi connectivity index (χ1v) is 3.54. The van der Waals surface area contributed by atoms with Gasteiger partial charge in [-0.15, -0.1) is 5.39 Å². The molecule has 0 aromatic heterocycles. The lowest BCUT2D eigenvalue weighted by Gasteiger charge is -2.22. The van der Waals surface area contributed by atoms with Crippen molar-refractivity contribution in [3.05, 3.63) is 5.21 Å². The Bertz CT molecular complexity index is 138. The summed E-state index contributed by atoms with van der Waals surface area (Å²) < 4.78 is 4.57. The third-order valence-electron chi connectivity index (χ3n) is 1.03. The average Bonchev–Trinajstić information content (AvgIpc) is 1.84. The standard InChI is InChI=1S/C6H12NO5/c1-3-11-6(8)4-5(2)12-7(9)10/h5,9H,3-4H2,1-2H3/q-1.